The maximum absolute atomic E-state index is 12.4. The van der Waals surface area contributed by atoms with Gasteiger partial charge in [-0.05, 0) is 17.7 Å². The summed E-state index contributed by atoms with van der Waals surface area (Å²) in [6.07, 6.45) is 1.18. The van der Waals surface area contributed by atoms with Gasteiger partial charge in [-0.15, -0.1) is 12.4 Å². The molecule has 1 saturated heterocycles. The van der Waals surface area contributed by atoms with Crippen LogP contribution in [0.15, 0.2) is 54.7 Å². The van der Waals surface area contributed by atoms with E-state index in [-0.39, 0.29) is 31.3 Å². The zero-order valence-electron chi connectivity index (χ0n) is 13.6. The molecule has 132 valence electrons. The summed E-state index contributed by atoms with van der Waals surface area (Å²) in [5.41, 5.74) is 1.33. The van der Waals surface area contributed by atoms with E-state index in [0.717, 1.165) is 5.56 Å². The molecule has 2 aromatic rings. The SMILES string of the molecule is Cl.O=C(c1ccccn1)C1CN(C(=O)OCc2ccccc2)CCN1. The highest BCUT2D eigenvalue weighted by Crippen LogP contribution is 2.09. The van der Waals surface area contributed by atoms with Crippen molar-refractivity contribution in [3.8, 4) is 0 Å². The largest absolute Gasteiger partial charge is 0.445 e. The van der Waals surface area contributed by atoms with Crippen molar-refractivity contribution < 1.29 is 14.3 Å². The van der Waals surface area contributed by atoms with Crippen molar-refractivity contribution in [3.05, 3.63) is 66.0 Å². The van der Waals surface area contributed by atoms with Crippen molar-refractivity contribution in [1.82, 2.24) is 15.2 Å². The first-order valence-corrected chi connectivity index (χ1v) is 7.88. The Bertz CT molecular complexity index is 697. The summed E-state index contributed by atoms with van der Waals surface area (Å²) >= 11 is 0. The van der Waals surface area contributed by atoms with Crippen LogP contribution in [0.2, 0.25) is 0 Å². The number of carbonyl (C=O) groups excluding carboxylic acids is 2. The van der Waals surface area contributed by atoms with E-state index >= 15 is 0 Å². The molecule has 1 N–H and O–H groups in total. The Kier molecular flexibility index (Phi) is 6.91. The number of nitrogens with zero attached hydrogens (tertiary/aromatic N) is 2. The van der Waals surface area contributed by atoms with Crippen LogP contribution in [0.3, 0.4) is 0 Å². The van der Waals surface area contributed by atoms with Crippen LogP contribution in [0.4, 0.5) is 4.79 Å². The molecule has 1 aliphatic heterocycles. The van der Waals surface area contributed by atoms with Crippen molar-refractivity contribution in [2.24, 2.45) is 0 Å². The number of amides is 1. The zero-order chi connectivity index (χ0) is 16.8. The first-order valence-electron chi connectivity index (χ1n) is 7.88. The molecule has 7 heteroatoms. The summed E-state index contributed by atoms with van der Waals surface area (Å²) in [6, 6.07) is 14.3. The van der Waals surface area contributed by atoms with Gasteiger partial charge in [-0.25, -0.2) is 4.79 Å². The van der Waals surface area contributed by atoms with E-state index in [2.05, 4.69) is 10.3 Å². The lowest BCUT2D eigenvalue weighted by Crippen LogP contribution is -2.55. The Balaban J connectivity index is 0.00000225. The quantitative estimate of drug-likeness (QED) is 0.846. The molecule has 1 fully saturated rings. The third-order valence-corrected chi connectivity index (χ3v) is 3.87. The standard InChI is InChI=1S/C18H19N3O3.ClH/c22-17(15-8-4-5-9-19-15)16-12-21(11-10-20-16)18(23)24-13-14-6-2-1-3-7-14;/h1-9,16,20H,10-13H2;1H. The molecule has 1 atom stereocenters. The lowest BCUT2D eigenvalue weighted by molar-refractivity contribution is 0.0750. The molecule has 0 bridgehead atoms. The summed E-state index contributed by atoms with van der Waals surface area (Å²) in [5, 5.41) is 3.14. The number of pyridine rings is 1. The lowest BCUT2D eigenvalue weighted by Gasteiger charge is -2.32. The summed E-state index contributed by atoms with van der Waals surface area (Å²) in [7, 11) is 0. The predicted molar refractivity (Wildman–Crippen MR) is 95.8 cm³/mol. The molecule has 0 aliphatic carbocycles. The molecule has 2 heterocycles. The van der Waals surface area contributed by atoms with Crippen LogP contribution >= 0.6 is 12.4 Å². The van der Waals surface area contributed by atoms with Crippen molar-refractivity contribution in [3.63, 3.8) is 0 Å². The van der Waals surface area contributed by atoms with Crippen LogP contribution in [0, 0.1) is 0 Å². The maximum Gasteiger partial charge on any atom is 0.410 e. The summed E-state index contributed by atoms with van der Waals surface area (Å²) in [6.45, 7) is 1.56. The highest BCUT2D eigenvalue weighted by Gasteiger charge is 2.29. The molecular weight excluding hydrogens is 342 g/mol. The van der Waals surface area contributed by atoms with Gasteiger partial charge in [-0.3, -0.25) is 9.78 Å². The zero-order valence-corrected chi connectivity index (χ0v) is 14.4. The molecule has 0 saturated carbocycles. The van der Waals surface area contributed by atoms with Gasteiger partial charge in [0.2, 0.25) is 0 Å². The molecule has 3 rings (SSSR count). The van der Waals surface area contributed by atoms with Crippen molar-refractivity contribution in [1.29, 1.82) is 0 Å². The Hall–Kier alpha value is -2.44. The highest BCUT2D eigenvalue weighted by molar-refractivity contribution is 5.98. The monoisotopic (exact) mass is 361 g/mol. The maximum atomic E-state index is 12.4. The van der Waals surface area contributed by atoms with Crippen molar-refractivity contribution in [2.75, 3.05) is 19.6 Å². The molecule has 1 amide bonds. The minimum Gasteiger partial charge on any atom is -0.445 e. The van der Waals surface area contributed by atoms with E-state index < -0.39 is 12.1 Å². The molecule has 6 nitrogen and oxygen atoms in total. The van der Waals surface area contributed by atoms with E-state index in [4.69, 9.17) is 4.74 Å². The van der Waals surface area contributed by atoms with Crippen LogP contribution in [0.1, 0.15) is 16.1 Å². The fourth-order valence-corrected chi connectivity index (χ4v) is 2.59. The Morgan fingerprint density at radius 2 is 1.92 bits per heavy atom. The van der Waals surface area contributed by atoms with Gasteiger partial charge in [0.05, 0.1) is 6.04 Å². The van der Waals surface area contributed by atoms with Crippen LogP contribution in [-0.2, 0) is 11.3 Å². The Labute approximate surface area is 152 Å². The normalized spacial score (nSPS) is 16.6. The predicted octanol–water partition coefficient (Wildman–Crippen LogP) is 2.30. The smallest absolute Gasteiger partial charge is 0.410 e. The first kappa shape index (κ1) is 18.9. The number of benzene rings is 1. The molecule has 1 aromatic carbocycles. The molecule has 1 aromatic heterocycles. The number of halogens is 1. The summed E-state index contributed by atoms with van der Waals surface area (Å²) in [5.74, 6) is -0.115. The van der Waals surface area contributed by atoms with Crippen LogP contribution < -0.4 is 5.32 Å². The molecule has 1 aliphatic rings. The second kappa shape index (κ2) is 9.15. The van der Waals surface area contributed by atoms with E-state index in [0.29, 0.717) is 18.8 Å². The number of piperazine rings is 1. The van der Waals surface area contributed by atoms with Gasteiger partial charge in [-0.2, -0.15) is 0 Å². The van der Waals surface area contributed by atoms with Gasteiger partial charge in [0.1, 0.15) is 12.3 Å². The van der Waals surface area contributed by atoms with Gasteiger partial charge < -0.3 is 15.0 Å². The third kappa shape index (κ3) is 5.01. The fraction of sp³-hybridized carbons (Fsp3) is 0.278. The van der Waals surface area contributed by atoms with Gasteiger partial charge >= 0.3 is 6.09 Å². The van der Waals surface area contributed by atoms with Gasteiger partial charge in [0.25, 0.3) is 0 Å². The van der Waals surface area contributed by atoms with Crippen molar-refractivity contribution in [2.45, 2.75) is 12.6 Å². The number of hydrogen-bond acceptors (Lipinski definition) is 5. The number of Topliss-reactive ketones (excluding diaryl/α,β-unsaturated/α-hetero) is 1. The fourth-order valence-electron chi connectivity index (χ4n) is 2.59. The number of ether oxygens (including phenoxy) is 1. The molecule has 25 heavy (non-hydrogen) atoms. The average molecular weight is 362 g/mol. The van der Waals surface area contributed by atoms with Gasteiger partial charge in [0.15, 0.2) is 5.78 Å². The molecular formula is C18H20ClN3O3. The Morgan fingerprint density at radius 1 is 1.16 bits per heavy atom. The molecule has 1 unspecified atom stereocenters. The van der Waals surface area contributed by atoms with E-state index in [1.807, 2.05) is 30.3 Å². The van der Waals surface area contributed by atoms with Crippen molar-refractivity contribution >= 4 is 24.3 Å². The summed E-state index contributed by atoms with van der Waals surface area (Å²) < 4.78 is 5.33. The Morgan fingerprint density at radius 3 is 2.64 bits per heavy atom. The van der Waals surface area contributed by atoms with Crippen LogP contribution in [0.5, 0.6) is 0 Å². The number of ketones is 1. The van der Waals surface area contributed by atoms with Crippen LogP contribution in [0.25, 0.3) is 0 Å². The minimum absolute atomic E-state index is 0. The minimum atomic E-state index is -0.460. The second-order valence-corrected chi connectivity index (χ2v) is 5.57. The number of hydrogen-bond donors (Lipinski definition) is 1. The molecule has 0 radical (unpaired) electrons. The number of nitrogens with one attached hydrogen (secondary N) is 1. The lowest BCUT2D eigenvalue weighted by atomic mass is 10.1. The summed E-state index contributed by atoms with van der Waals surface area (Å²) in [4.78, 5) is 30.3. The van der Waals surface area contributed by atoms with E-state index in [1.54, 1.807) is 29.3 Å². The average Bonchev–Trinajstić information content (AvgIpc) is 2.67. The topological polar surface area (TPSA) is 71.5 Å². The van der Waals surface area contributed by atoms with Gasteiger partial charge in [0, 0.05) is 25.8 Å². The molecule has 0 spiro atoms. The first-order chi connectivity index (χ1) is 11.7. The van der Waals surface area contributed by atoms with E-state index in [9.17, 15) is 9.59 Å². The number of carbonyl (C=O) groups is 2. The number of rotatable bonds is 4. The van der Waals surface area contributed by atoms with Crippen LogP contribution in [-0.4, -0.2) is 47.4 Å². The number of aromatic nitrogens is 1. The van der Waals surface area contributed by atoms with Gasteiger partial charge in [-0.1, -0.05) is 36.4 Å². The van der Waals surface area contributed by atoms with E-state index in [1.165, 1.54) is 0 Å². The highest BCUT2D eigenvalue weighted by atomic mass is 35.5. The second-order valence-electron chi connectivity index (χ2n) is 5.57. The third-order valence-electron chi connectivity index (χ3n) is 3.87.